The molecular weight excluding hydrogens is 559 g/mol. The van der Waals surface area contributed by atoms with Crippen LogP contribution in [0.25, 0.3) is 0 Å². The van der Waals surface area contributed by atoms with Gasteiger partial charge in [0.15, 0.2) is 0 Å². The summed E-state index contributed by atoms with van der Waals surface area (Å²) in [6.45, 7) is 7.59. The molecule has 0 bridgehead atoms. The van der Waals surface area contributed by atoms with E-state index in [4.69, 9.17) is 27.9 Å². The predicted octanol–water partition coefficient (Wildman–Crippen LogP) is 6.14. The van der Waals surface area contributed by atoms with Crippen molar-refractivity contribution in [2.45, 2.75) is 70.4 Å². The first-order chi connectivity index (χ1) is 19.7. The van der Waals surface area contributed by atoms with Crippen LogP contribution in [0.4, 0.5) is 4.79 Å². The van der Waals surface area contributed by atoms with E-state index in [9.17, 15) is 9.59 Å². The molecule has 7 nitrogen and oxygen atoms in total. The topological polar surface area (TPSA) is 65.1 Å². The van der Waals surface area contributed by atoms with Gasteiger partial charge in [0.2, 0.25) is 5.91 Å². The number of nitrogens with zero attached hydrogens (tertiary/aromatic N) is 3. The molecule has 2 heterocycles. The van der Waals surface area contributed by atoms with Crippen LogP contribution in [0.3, 0.4) is 0 Å². The fourth-order valence-corrected chi connectivity index (χ4v) is 6.31. The Balaban J connectivity index is 1.45. The molecule has 0 spiro atoms. The number of piperidine rings is 1. The summed E-state index contributed by atoms with van der Waals surface area (Å²) in [5, 5.41) is 4.06. The summed E-state index contributed by atoms with van der Waals surface area (Å²) >= 11 is 12.6. The Morgan fingerprint density at radius 3 is 2.37 bits per heavy atom. The molecule has 2 saturated heterocycles. The van der Waals surface area contributed by atoms with Gasteiger partial charge in [-0.1, -0.05) is 48.3 Å². The highest BCUT2D eigenvalue weighted by atomic mass is 35.5. The standard InChI is InChI=1S/C32H44Cl2N4O3/c1-5-26(36(3)4)21-41-30-18-22(2)8-11-27(30)23-12-16-37(17-13-23)31(39)29(35-32(40)38-14-6-7-15-38)19-24-9-10-25(33)20-28(24)34/h8-11,18,20,23,26,29H,5-7,12-17,19,21H2,1-4H3,(H,35,40)/t26-,29-/m1/s1. The van der Waals surface area contributed by atoms with Gasteiger partial charge in [-0.05, 0) is 93.9 Å². The Morgan fingerprint density at radius 1 is 1.02 bits per heavy atom. The van der Waals surface area contributed by atoms with Gasteiger partial charge in [-0.15, -0.1) is 0 Å². The summed E-state index contributed by atoms with van der Waals surface area (Å²) in [6.07, 6.45) is 4.98. The minimum Gasteiger partial charge on any atom is -0.492 e. The molecule has 2 aromatic carbocycles. The molecule has 9 heteroatoms. The molecule has 0 saturated carbocycles. The molecule has 41 heavy (non-hydrogen) atoms. The van der Waals surface area contributed by atoms with Crippen LogP contribution in [0.15, 0.2) is 36.4 Å². The number of hydrogen-bond acceptors (Lipinski definition) is 4. The molecule has 2 aliphatic rings. The van der Waals surface area contributed by atoms with Crippen LogP contribution >= 0.6 is 23.2 Å². The summed E-state index contributed by atoms with van der Waals surface area (Å²) in [7, 11) is 4.17. The molecular formula is C32H44Cl2N4O3. The van der Waals surface area contributed by atoms with Gasteiger partial charge in [-0.2, -0.15) is 0 Å². The van der Waals surface area contributed by atoms with Gasteiger partial charge in [-0.25, -0.2) is 4.79 Å². The number of nitrogens with one attached hydrogen (secondary N) is 1. The maximum absolute atomic E-state index is 13.9. The fourth-order valence-electron chi connectivity index (χ4n) is 5.82. The van der Waals surface area contributed by atoms with Gasteiger partial charge in [0.1, 0.15) is 18.4 Å². The molecule has 2 atom stereocenters. The van der Waals surface area contributed by atoms with Crippen LogP contribution in [0.2, 0.25) is 10.0 Å². The average Bonchev–Trinajstić information content (AvgIpc) is 3.49. The molecule has 2 aliphatic heterocycles. The number of likely N-dealkylation sites (N-methyl/N-ethyl adjacent to an activating group) is 1. The highest BCUT2D eigenvalue weighted by Crippen LogP contribution is 2.35. The Labute approximate surface area is 255 Å². The Kier molecular flexibility index (Phi) is 11.2. The van der Waals surface area contributed by atoms with Crippen LogP contribution in [0.1, 0.15) is 61.6 Å². The Morgan fingerprint density at radius 2 is 1.73 bits per heavy atom. The van der Waals surface area contributed by atoms with Crippen LogP contribution < -0.4 is 10.1 Å². The number of likely N-dealkylation sites (tertiary alicyclic amines) is 2. The molecule has 4 rings (SSSR count). The maximum Gasteiger partial charge on any atom is 0.318 e. The molecule has 0 radical (unpaired) electrons. The van der Waals surface area contributed by atoms with Crippen molar-refractivity contribution in [3.8, 4) is 5.75 Å². The third-order valence-corrected chi connectivity index (χ3v) is 9.06. The van der Waals surface area contributed by atoms with E-state index < -0.39 is 6.04 Å². The summed E-state index contributed by atoms with van der Waals surface area (Å²) in [6, 6.07) is 11.2. The number of amides is 3. The number of halogens is 2. The first kappa shape index (κ1) is 31.5. The van der Waals surface area contributed by atoms with Gasteiger partial charge >= 0.3 is 6.03 Å². The molecule has 0 aliphatic carbocycles. The highest BCUT2D eigenvalue weighted by molar-refractivity contribution is 6.35. The van der Waals surface area contributed by atoms with Crippen molar-refractivity contribution in [2.24, 2.45) is 0 Å². The monoisotopic (exact) mass is 602 g/mol. The second kappa shape index (κ2) is 14.6. The molecule has 0 aromatic heterocycles. The van der Waals surface area contributed by atoms with Crippen molar-refractivity contribution >= 4 is 35.1 Å². The SMILES string of the molecule is CC[C@H](COc1cc(C)ccc1C1CCN(C(=O)[C@@H](Cc2ccc(Cl)cc2Cl)NC(=O)N2CCCC2)CC1)N(C)C. The van der Waals surface area contributed by atoms with Crippen molar-refractivity contribution in [1.82, 2.24) is 20.0 Å². The van der Waals surface area contributed by atoms with E-state index in [1.165, 1.54) is 11.1 Å². The van der Waals surface area contributed by atoms with E-state index in [-0.39, 0.29) is 11.9 Å². The number of carbonyl (C=O) groups is 2. The Hall–Kier alpha value is -2.48. The summed E-state index contributed by atoms with van der Waals surface area (Å²) in [4.78, 5) is 32.8. The third-order valence-electron chi connectivity index (χ3n) is 8.48. The number of aryl methyl sites for hydroxylation is 1. The van der Waals surface area contributed by atoms with Gasteiger partial charge in [0, 0.05) is 48.7 Å². The lowest BCUT2D eigenvalue weighted by Gasteiger charge is -2.35. The number of carbonyl (C=O) groups excluding carboxylic acids is 2. The maximum atomic E-state index is 13.9. The van der Waals surface area contributed by atoms with E-state index in [1.807, 2.05) is 11.0 Å². The lowest BCUT2D eigenvalue weighted by Crippen LogP contribution is -2.54. The summed E-state index contributed by atoms with van der Waals surface area (Å²) in [5.41, 5.74) is 3.17. The first-order valence-electron chi connectivity index (χ1n) is 14.8. The largest absolute Gasteiger partial charge is 0.492 e. The van der Waals surface area contributed by atoms with Crippen molar-refractivity contribution in [1.29, 1.82) is 0 Å². The van der Waals surface area contributed by atoms with Crippen molar-refractivity contribution in [3.63, 3.8) is 0 Å². The van der Waals surface area contributed by atoms with E-state index in [2.05, 4.69) is 56.4 Å². The van der Waals surface area contributed by atoms with Gasteiger partial charge in [0.05, 0.1) is 0 Å². The minimum atomic E-state index is -0.700. The summed E-state index contributed by atoms with van der Waals surface area (Å²) in [5.74, 6) is 1.18. The van der Waals surface area contributed by atoms with Gasteiger partial charge in [0.25, 0.3) is 0 Å². The van der Waals surface area contributed by atoms with E-state index in [0.29, 0.717) is 61.2 Å². The van der Waals surface area contributed by atoms with Crippen LogP contribution in [0.5, 0.6) is 5.75 Å². The van der Waals surface area contributed by atoms with Gasteiger partial charge in [-0.3, -0.25) is 4.79 Å². The smallest absolute Gasteiger partial charge is 0.318 e. The van der Waals surface area contributed by atoms with E-state index in [0.717, 1.165) is 43.4 Å². The first-order valence-corrected chi connectivity index (χ1v) is 15.6. The predicted molar refractivity (Wildman–Crippen MR) is 166 cm³/mol. The van der Waals surface area contributed by atoms with Crippen molar-refractivity contribution in [3.05, 3.63) is 63.1 Å². The minimum absolute atomic E-state index is 0.0702. The number of hydrogen-bond donors (Lipinski definition) is 1. The molecule has 3 amide bonds. The molecule has 0 unspecified atom stereocenters. The zero-order valence-electron chi connectivity index (χ0n) is 24.8. The lowest BCUT2D eigenvalue weighted by atomic mass is 9.88. The molecule has 224 valence electrons. The normalized spacial score (nSPS) is 17.5. The molecule has 2 fully saturated rings. The van der Waals surface area contributed by atoms with Crippen LogP contribution in [-0.4, -0.2) is 85.6 Å². The number of rotatable bonds is 10. The summed E-state index contributed by atoms with van der Waals surface area (Å²) < 4.78 is 6.38. The fraction of sp³-hybridized carbons (Fsp3) is 0.562. The highest BCUT2D eigenvalue weighted by Gasteiger charge is 2.32. The van der Waals surface area contributed by atoms with Crippen molar-refractivity contribution < 1.29 is 14.3 Å². The molecule has 2 aromatic rings. The average molecular weight is 604 g/mol. The Bertz CT molecular complexity index is 1190. The van der Waals surface area contributed by atoms with Crippen LogP contribution in [0, 0.1) is 6.92 Å². The van der Waals surface area contributed by atoms with E-state index >= 15 is 0 Å². The van der Waals surface area contributed by atoms with Crippen molar-refractivity contribution in [2.75, 3.05) is 46.9 Å². The number of urea groups is 1. The molecule has 1 N–H and O–H groups in total. The third kappa shape index (κ3) is 8.30. The number of benzene rings is 2. The lowest BCUT2D eigenvalue weighted by molar-refractivity contribution is -0.134. The second-order valence-electron chi connectivity index (χ2n) is 11.6. The zero-order valence-corrected chi connectivity index (χ0v) is 26.3. The van der Waals surface area contributed by atoms with E-state index in [1.54, 1.807) is 17.0 Å². The number of ether oxygens (including phenoxy) is 1. The van der Waals surface area contributed by atoms with Gasteiger partial charge < -0.3 is 24.8 Å². The zero-order chi connectivity index (χ0) is 29.5. The quantitative estimate of drug-likeness (QED) is 0.354. The second-order valence-corrected chi connectivity index (χ2v) is 12.5. The van der Waals surface area contributed by atoms with Crippen LogP contribution in [-0.2, 0) is 11.2 Å².